The molecule has 0 spiro atoms. The highest BCUT2D eigenvalue weighted by atomic mass is 35.5. The van der Waals surface area contributed by atoms with Gasteiger partial charge in [-0.1, -0.05) is 86.1 Å². The van der Waals surface area contributed by atoms with Crippen LogP contribution in [0.4, 0.5) is 0 Å². The second-order valence-corrected chi connectivity index (χ2v) is 13.7. The zero-order valence-electron chi connectivity index (χ0n) is 31.0. The van der Waals surface area contributed by atoms with Crippen molar-refractivity contribution in [3.05, 3.63) is 148 Å². The van der Waals surface area contributed by atoms with Crippen LogP contribution in [0.15, 0.2) is 115 Å². The molecule has 0 radical (unpaired) electrons. The smallest absolute Gasteiger partial charge is 0.246 e. The monoisotopic (exact) mass is 767 g/mol. The van der Waals surface area contributed by atoms with Crippen molar-refractivity contribution in [1.29, 1.82) is 0 Å². The van der Waals surface area contributed by atoms with Gasteiger partial charge in [-0.15, -0.1) is 12.4 Å². The fraction of sp³-hybridized carbons (Fsp3) is 0.273. The number of halogens is 2. The van der Waals surface area contributed by atoms with Gasteiger partial charge in [-0.05, 0) is 70.6 Å². The number of benzene rings is 4. The first kappa shape index (κ1) is 40.2. The van der Waals surface area contributed by atoms with Crippen molar-refractivity contribution in [3.63, 3.8) is 0 Å². The van der Waals surface area contributed by atoms with E-state index in [-0.39, 0.29) is 18.3 Å². The van der Waals surface area contributed by atoms with Gasteiger partial charge in [0.25, 0.3) is 0 Å². The molecular weight excluding hydrogens is 721 g/mol. The highest BCUT2D eigenvalue weighted by Crippen LogP contribution is 2.32. The number of nitrogens with zero attached hydrogens (tertiary/aromatic N) is 3. The molecule has 54 heavy (non-hydrogen) atoms. The van der Waals surface area contributed by atoms with Crippen LogP contribution in [0.3, 0.4) is 0 Å². The Morgan fingerprint density at radius 3 is 2.24 bits per heavy atom. The highest BCUT2D eigenvalue weighted by molar-refractivity contribution is 6.31. The van der Waals surface area contributed by atoms with Crippen LogP contribution in [-0.2, 0) is 24.4 Å². The van der Waals surface area contributed by atoms with Gasteiger partial charge in [0.2, 0.25) is 11.8 Å². The van der Waals surface area contributed by atoms with Crippen LogP contribution in [0.25, 0.3) is 6.08 Å². The molecule has 0 N–H and O–H groups in total. The Bertz CT molecular complexity index is 1960. The molecule has 5 aromatic rings. The molecule has 0 unspecified atom stereocenters. The molecule has 0 bridgehead atoms. The maximum absolute atomic E-state index is 13.1. The van der Waals surface area contributed by atoms with Gasteiger partial charge in [0.05, 0.1) is 19.9 Å². The van der Waals surface area contributed by atoms with Gasteiger partial charge < -0.3 is 23.8 Å². The van der Waals surface area contributed by atoms with E-state index in [0.29, 0.717) is 60.4 Å². The molecule has 6 rings (SSSR count). The lowest BCUT2D eigenvalue weighted by atomic mass is 10.0. The molecule has 1 saturated heterocycles. The molecule has 1 aliphatic rings. The second-order valence-electron chi connectivity index (χ2n) is 13.3. The summed E-state index contributed by atoms with van der Waals surface area (Å²) in [5.41, 5.74) is 5.57. The van der Waals surface area contributed by atoms with Crippen LogP contribution < -0.4 is 18.9 Å². The third kappa shape index (κ3) is 11.5. The molecule has 10 heteroatoms. The number of hydrogen-bond donors (Lipinski definition) is 0. The standard InChI is InChI=1S/C44H46ClN3O5.ClH/c1-32(2)36-14-16-38(17-15-36)51-27-22-33-8-10-35(11-9-33)30-47-23-25-48(26-24-47)44(49)21-13-34-12-19-41(42(28-34)50-3)53-43-20-18-39(29-46-43)52-31-37-6-4-5-7-40(37)45;/h4-21,28-29,32H,22-27,30-31H2,1-3H3;1H. The van der Waals surface area contributed by atoms with Crippen molar-refractivity contribution < 1.29 is 23.7 Å². The summed E-state index contributed by atoms with van der Waals surface area (Å²) in [4.78, 5) is 21.7. The Morgan fingerprint density at radius 1 is 0.833 bits per heavy atom. The predicted octanol–water partition coefficient (Wildman–Crippen LogP) is 9.64. The Kier molecular flexibility index (Phi) is 14.8. The largest absolute Gasteiger partial charge is 0.493 e. The van der Waals surface area contributed by atoms with Crippen molar-refractivity contribution >= 4 is 36.0 Å². The van der Waals surface area contributed by atoms with Crippen molar-refractivity contribution in [3.8, 4) is 28.9 Å². The van der Waals surface area contributed by atoms with Gasteiger partial charge in [0.1, 0.15) is 18.1 Å². The van der Waals surface area contributed by atoms with E-state index in [1.165, 1.54) is 16.7 Å². The summed E-state index contributed by atoms with van der Waals surface area (Å²) in [5, 5.41) is 0.657. The molecule has 0 aliphatic carbocycles. The van der Waals surface area contributed by atoms with Crippen molar-refractivity contribution in [2.24, 2.45) is 0 Å². The van der Waals surface area contributed by atoms with Crippen molar-refractivity contribution in [2.75, 3.05) is 39.9 Å². The number of aromatic nitrogens is 1. The Hall–Kier alpha value is -5.02. The molecule has 1 aromatic heterocycles. The summed E-state index contributed by atoms with van der Waals surface area (Å²) in [6.45, 7) is 9.26. The van der Waals surface area contributed by atoms with Gasteiger partial charge in [0, 0.05) is 61.9 Å². The summed E-state index contributed by atoms with van der Waals surface area (Å²) in [5.74, 6) is 3.46. The predicted molar refractivity (Wildman–Crippen MR) is 217 cm³/mol. The van der Waals surface area contributed by atoms with Crippen molar-refractivity contribution in [2.45, 2.75) is 39.3 Å². The Balaban J connectivity index is 0.00000561. The molecule has 4 aromatic carbocycles. The van der Waals surface area contributed by atoms with Crippen LogP contribution in [-0.4, -0.2) is 60.6 Å². The number of hydrogen-bond acceptors (Lipinski definition) is 7. The number of pyridine rings is 1. The molecule has 8 nitrogen and oxygen atoms in total. The molecule has 2 heterocycles. The zero-order chi connectivity index (χ0) is 37.0. The van der Waals surface area contributed by atoms with E-state index in [0.717, 1.165) is 42.9 Å². The summed E-state index contributed by atoms with van der Waals surface area (Å²) in [6.07, 6.45) is 5.89. The highest BCUT2D eigenvalue weighted by Gasteiger charge is 2.20. The van der Waals surface area contributed by atoms with Gasteiger partial charge >= 0.3 is 0 Å². The maximum atomic E-state index is 13.1. The Morgan fingerprint density at radius 2 is 1.56 bits per heavy atom. The molecule has 0 saturated carbocycles. The SMILES string of the molecule is COc1cc(C=CC(=O)N2CCN(Cc3ccc(CCOc4ccc(C(C)C)cc4)cc3)CC2)ccc1Oc1ccc(OCc2ccccc2Cl)cn1.Cl. The lowest BCUT2D eigenvalue weighted by Crippen LogP contribution is -2.47. The second kappa shape index (κ2) is 19.9. The van der Waals surface area contributed by atoms with Gasteiger partial charge in [0.15, 0.2) is 11.5 Å². The normalized spacial score (nSPS) is 13.1. The molecule has 1 amide bonds. The first-order valence-corrected chi connectivity index (χ1v) is 18.4. The van der Waals surface area contributed by atoms with Crippen LogP contribution in [0.5, 0.6) is 28.9 Å². The van der Waals surface area contributed by atoms with E-state index in [1.54, 1.807) is 43.7 Å². The first-order chi connectivity index (χ1) is 25.8. The third-order valence-electron chi connectivity index (χ3n) is 9.20. The summed E-state index contributed by atoms with van der Waals surface area (Å²) in [7, 11) is 1.58. The molecule has 0 atom stereocenters. The van der Waals surface area contributed by atoms with E-state index in [4.69, 9.17) is 30.5 Å². The number of amides is 1. The Labute approximate surface area is 329 Å². The minimum Gasteiger partial charge on any atom is -0.493 e. The summed E-state index contributed by atoms with van der Waals surface area (Å²) in [6, 6.07) is 33.7. The molecular formula is C44H47Cl2N3O5. The van der Waals surface area contributed by atoms with E-state index in [2.05, 4.69) is 72.3 Å². The van der Waals surface area contributed by atoms with Gasteiger partial charge in [-0.3, -0.25) is 9.69 Å². The third-order valence-corrected chi connectivity index (χ3v) is 9.57. The lowest BCUT2D eigenvalue weighted by molar-refractivity contribution is -0.127. The maximum Gasteiger partial charge on any atom is 0.246 e. The van der Waals surface area contributed by atoms with Crippen LogP contribution in [0, 0.1) is 0 Å². The van der Waals surface area contributed by atoms with Crippen LogP contribution in [0.1, 0.15) is 47.6 Å². The van der Waals surface area contributed by atoms with E-state index in [1.807, 2.05) is 41.3 Å². The quantitative estimate of drug-likeness (QED) is 0.0983. The number of ether oxygens (including phenoxy) is 4. The van der Waals surface area contributed by atoms with Crippen LogP contribution in [0.2, 0.25) is 5.02 Å². The fourth-order valence-electron chi connectivity index (χ4n) is 5.98. The number of rotatable bonds is 15. The van der Waals surface area contributed by atoms with Crippen LogP contribution >= 0.6 is 24.0 Å². The van der Waals surface area contributed by atoms with Gasteiger partial charge in [-0.2, -0.15) is 0 Å². The zero-order valence-corrected chi connectivity index (χ0v) is 32.5. The first-order valence-electron chi connectivity index (χ1n) is 18.0. The summed E-state index contributed by atoms with van der Waals surface area (Å²) < 4.78 is 23.3. The van der Waals surface area contributed by atoms with E-state index in [9.17, 15) is 4.79 Å². The minimum absolute atomic E-state index is 0. The molecule has 1 aliphatic heterocycles. The minimum atomic E-state index is -0.00701. The average Bonchev–Trinajstić information content (AvgIpc) is 3.18. The van der Waals surface area contributed by atoms with Crippen molar-refractivity contribution in [1.82, 2.24) is 14.8 Å². The topological polar surface area (TPSA) is 73.4 Å². The molecule has 282 valence electrons. The number of methoxy groups -OCH3 is 1. The van der Waals surface area contributed by atoms with E-state index < -0.39 is 0 Å². The summed E-state index contributed by atoms with van der Waals surface area (Å²) >= 11 is 6.22. The number of carbonyl (C=O) groups is 1. The van der Waals surface area contributed by atoms with E-state index >= 15 is 0 Å². The number of carbonyl (C=O) groups excluding carboxylic acids is 1. The lowest BCUT2D eigenvalue weighted by Gasteiger charge is -2.34. The number of piperazine rings is 1. The molecule has 1 fully saturated rings. The van der Waals surface area contributed by atoms with Gasteiger partial charge in [-0.25, -0.2) is 4.98 Å². The fourth-order valence-corrected chi connectivity index (χ4v) is 6.17. The average molecular weight is 769 g/mol.